The molecule has 4 nitrogen and oxygen atoms in total. The summed E-state index contributed by atoms with van der Waals surface area (Å²) in [5.41, 5.74) is 0.779. The molecule has 1 aromatic carbocycles. The summed E-state index contributed by atoms with van der Waals surface area (Å²) < 4.78 is 16.0. The third-order valence-corrected chi connectivity index (χ3v) is 3.24. The van der Waals surface area contributed by atoms with Crippen LogP contribution in [0.2, 0.25) is 5.02 Å². The van der Waals surface area contributed by atoms with E-state index in [4.69, 9.17) is 25.8 Å². The van der Waals surface area contributed by atoms with E-state index in [0.717, 1.165) is 5.56 Å². The molecule has 0 unspecified atom stereocenters. The molecule has 1 aromatic rings. The predicted molar refractivity (Wildman–Crippen MR) is 82.2 cm³/mol. The number of benzene rings is 1. The number of rotatable bonds is 8. The molecule has 118 valence electrons. The Balaban J connectivity index is 2.82. The standard InChI is InChI=1S/C16H23ClO4/c1-11(2)9-15(18)21-12(3)16(20-10-19-4)13-7-5-6-8-14(13)17/h5-8,11-12,16H,9-10H2,1-4H3/t12-,16+/m0/s1. The molecule has 0 radical (unpaired) electrons. The molecule has 0 heterocycles. The second-order valence-corrected chi connectivity index (χ2v) is 5.72. The molecule has 0 aromatic heterocycles. The summed E-state index contributed by atoms with van der Waals surface area (Å²) >= 11 is 6.20. The number of methoxy groups -OCH3 is 1. The van der Waals surface area contributed by atoms with Crippen LogP contribution in [0.5, 0.6) is 0 Å². The SMILES string of the molecule is COCO[C@@H](c1ccccc1Cl)[C@H](C)OC(=O)CC(C)C. The van der Waals surface area contributed by atoms with Crippen molar-refractivity contribution in [3.05, 3.63) is 34.9 Å². The summed E-state index contributed by atoms with van der Waals surface area (Å²) in [6.45, 7) is 5.83. The molecule has 0 bridgehead atoms. The van der Waals surface area contributed by atoms with Crippen LogP contribution < -0.4 is 0 Å². The van der Waals surface area contributed by atoms with Gasteiger partial charge in [0.15, 0.2) is 0 Å². The maximum atomic E-state index is 11.8. The van der Waals surface area contributed by atoms with E-state index < -0.39 is 12.2 Å². The average molecular weight is 315 g/mol. The lowest BCUT2D eigenvalue weighted by atomic mass is 10.0. The van der Waals surface area contributed by atoms with Crippen LogP contribution in [0.15, 0.2) is 24.3 Å². The third-order valence-electron chi connectivity index (χ3n) is 2.90. The number of hydrogen-bond acceptors (Lipinski definition) is 4. The van der Waals surface area contributed by atoms with E-state index in [0.29, 0.717) is 11.4 Å². The highest BCUT2D eigenvalue weighted by Crippen LogP contribution is 2.29. The van der Waals surface area contributed by atoms with E-state index in [-0.39, 0.29) is 18.7 Å². The predicted octanol–water partition coefficient (Wildman–Crippen LogP) is 3.98. The van der Waals surface area contributed by atoms with Gasteiger partial charge in [0, 0.05) is 24.1 Å². The number of carbonyl (C=O) groups is 1. The molecular weight excluding hydrogens is 292 g/mol. The number of carbonyl (C=O) groups excluding carboxylic acids is 1. The molecule has 0 saturated carbocycles. The van der Waals surface area contributed by atoms with Crippen LogP contribution in [0.3, 0.4) is 0 Å². The maximum Gasteiger partial charge on any atom is 0.306 e. The molecule has 1 rings (SSSR count). The lowest BCUT2D eigenvalue weighted by molar-refractivity contribution is -0.164. The van der Waals surface area contributed by atoms with Crippen molar-refractivity contribution in [3.8, 4) is 0 Å². The largest absolute Gasteiger partial charge is 0.460 e. The lowest BCUT2D eigenvalue weighted by Gasteiger charge is -2.25. The van der Waals surface area contributed by atoms with Crippen molar-refractivity contribution < 1.29 is 19.0 Å². The minimum atomic E-state index is -0.463. The quantitative estimate of drug-likeness (QED) is 0.538. The zero-order valence-electron chi connectivity index (χ0n) is 13.0. The first kappa shape index (κ1) is 18.0. The molecule has 0 aliphatic rings. The van der Waals surface area contributed by atoms with Gasteiger partial charge in [-0.3, -0.25) is 4.79 Å². The van der Waals surface area contributed by atoms with Crippen LogP contribution in [-0.4, -0.2) is 26.0 Å². The van der Waals surface area contributed by atoms with Crippen molar-refractivity contribution >= 4 is 17.6 Å². The molecular formula is C16H23ClO4. The number of esters is 1. The molecule has 21 heavy (non-hydrogen) atoms. The van der Waals surface area contributed by atoms with Gasteiger partial charge < -0.3 is 14.2 Å². The fraction of sp³-hybridized carbons (Fsp3) is 0.562. The molecule has 0 aliphatic heterocycles. The third kappa shape index (κ3) is 6.04. The van der Waals surface area contributed by atoms with E-state index in [2.05, 4.69) is 0 Å². The van der Waals surface area contributed by atoms with Gasteiger partial charge in [-0.15, -0.1) is 0 Å². The molecule has 0 amide bonds. The van der Waals surface area contributed by atoms with Crippen LogP contribution in [0.25, 0.3) is 0 Å². The highest BCUT2D eigenvalue weighted by molar-refractivity contribution is 6.31. The number of hydrogen-bond donors (Lipinski definition) is 0. The first-order valence-corrected chi connectivity index (χ1v) is 7.38. The summed E-state index contributed by atoms with van der Waals surface area (Å²) in [4.78, 5) is 11.8. The van der Waals surface area contributed by atoms with Crippen molar-refractivity contribution in [2.24, 2.45) is 5.92 Å². The Kier molecular flexibility index (Phi) is 7.72. The summed E-state index contributed by atoms with van der Waals surface area (Å²) in [5.74, 6) is 0.0129. The van der Waals surface area contributed by atoms with Gasteiger partial charge in [-0.05, 0) is 18.9 Å². The van der Waals surface area contributed by atoms with Gasteiger partial charge in [0.1, 0.15) is 19.0 Å². The van der Waals surface area contributed by atoms with Crippen LogP contribution in [0, 0.1) is 5.92 Å². The Labute approximate surface area is 131 Å². The van der Waals surface area contributed by atoms with Crippen LogP contribution in [0.1, 0.15) is 38.9 Å². The second kappa shape index (κ2) is 9.03. The molecule has 0 aliphatic carbocycles. The molecule has 0 spiro atoms. The minimum absolute atomic E-state index is 0.0992. The Morgan fingerprint density at radius 1 is 1.24 bits per heavy atom. The lowest BCUT2D eigenvalue weighted by Crippen LogP contribution is -2.26. The van der Waals surface area contributed by atoms with Crippen molar-refractivity contribution in [2.45, 2.75) is 39.4 Å². The Morgan fingerprint density at radius 3 is 2.48 bits per heavy atom. The number of halogens is 1. The van der Waals surface area contributed by atoms with Crippen molar-refractivity contribution in [2.75, 3.05) is 13.9 Å². The summed E-state index contributed by atoms with van der Waals surface area (Å²) in [6, 6.07) is 7.35. The Bertz CT molecular complexity index is 448. The molecule has 5 heteroatoms. The monoisotopic (exact) mass is 314 g/mol. The Hall–Kier alpha value is -1.10. The molecule has 0 fully saturated rings. The van der Waals surface area contributed by atoms with Crippen LogP contribution in [-0.2, 0) is 19.0 Å². The molecule has 0 N–H and O–H groups in total. The highest BCUT2D eigenvalue weighted by atomic mass is 35.5. The van der Waals surface area contributed by atoms with Gasteiger partial charge >= 0.3 is 5.97 Å². The zero-order chi connectivity index (χ0) is 15.8. The van der Waals surface area contributed by atoms with E-state index >= 15 is 0 Å². The van der Waals surface area contributed by atoms with Gasteiger partial charge in [-0.2, -0.15) is 0 Å². The van der Waals surface area contributed by atoms with E-state index in [9.17, 15) is 4.79 Å². The summed E-state index contributed by atoms with van der Waals surface area (Å²) in [6.07, 6.45) is -0.537. The Morgan fingerprint density at radius 2 is 1.90 bits per heavy atom. The normalized spacial score (nSPS) is 14.0. The van der Waals surface area contributed by atoms with Gasteiger partial charge in [0.25, 0.3) is 0 Å². The number of ether oxygens (including phenoxy) is 3. The first-order chi connectivity index (χ1) is 9.95. The maximum absolute atomic E-state index is 11.8. The first-order valence-electron chi connectivity index (χ1n) is 7.00. The summed E-state index contributed by atoms with van der Waals surface area (Å²) in [7, 11) is 1.54. The second-order valence-electron chi connectivity index (χ2n) is 5.31. The van der Waals surface area contributed by atoms with Crippen molar-refractivity contribution in [1.29, 1.82) is 0 Å². The van der Waals surface area contributed by atoms with E-state index in [1.165, 1.54) is 0 Å². The molecule has 0 saturated heterocycles. The van der Waals surface area contributed by atoms with Crippen molar-refractivity contribution in [3.63, 3.8) is 0 Å². The van der Waals surface area contributed by atoms with Gasteiger partial charge in [0.05, 0.1) is 0 Å². The van der Waals surface area contributed by atoms with Gasteiger partial charge in [-0.1, -0.05) is 43.6 Å². The van der Waals surface area contributed by atoms with E-state index in [1.54, 1.807) is 20.1 Å². The smallest absolute Gasteiger partial charge is 0.306 e. The topological polar surface area (TPSA) is 44.8 Å². The summed E-state index contributed by atoms with van der Waals surface area (Å²) in [5, 5.41) is 0.574. The minimum Gasteiger partial charge on any atom is -0.460 e. The fourth-order valence-corrected chi connectivity index (χ4v) is 2.22. The van der Waals surface area contributed by atoms with Crippen LogP contribution in [0.4, 0.5) is 0 Å². The fourth-order valence-electron chi connectivity index (χ4n) is 1.98. The average Bonchev–Trinajstić information content (AvgIpc) is 2.40. The van der Waals surface area contributed by atoms with Crippen LogP contribution >= 0.6 is 11.6 Å². The molecule has 2 atom stereocenters. The zero-order valence-corrected chi connectivity index (χ0v) is 13.7. The van der Waals surface area contributed by atoms with Gasteiger partial charge in [0.2, 0.25) is 0 Å². The highest BCUT2D eigenvalue weighted by Gasteiger charge is 2.25. The van der Waals surface area contributed by atoms with Crippen molar-refractivity contribution in [1.82, 2.24) is 0 Å². The van der Waals surface area contributed by atoms with Gasteiger partial charge in [-0.25, -0.2) is 0 Å². The van der Waals surface area contributed by atoms with E-state index in [1.807, 2.05) is 32.0 Å².